The summed E-state index contributed by atoms with van der Waals surface area (Å²) < 4.78 is 0. The fourth-order valence-electron chi connectivity index (χ4n) is 6.28. The molecule has 40 heavy (non-hydrogen) atoms. The number of benzene rings is 4. The largest absolute Gasteiger partial charge is 0.340 e. The first-order valence-corrected chi connectivity index (χ1v) is 15.8. The third-order valence-electron chi connectivity index (χ3n) is 8.47. The van der Waals surface area contributed by atoms with E-state index in [1.807, 2.05) is 11.8 Å². The van der Waals surface area contributed by atoms with Crippen LogP contribution in [0.25, 0.3) is 0 Å². The zero-order valence-corrected chi connectivity index (χ0v) is 24.3. The molecule has 0 unspecified atom stereocenters. The Bertz CT molecular complexity index is 1250. The molecule has 0 saturated carbocycles. The van der Waals surface area contributed by atoms with Gasteiger partial charge in [-0.3, -0.25) is 0 Å². The van der Waals surface area contributed by atoms with Crippen molar-refractivity contribution in [2.75, 3.05) is 50.7 Å². The number of para-hydroxylation sites is 2. The molecule has 0 bridgehead atoms. The molecule has 0 N–H and O–H groups in total. The van der Waals surface area contributed by atoms with Crippen LogP contribution in [0.3, 0.4) is 0 Å². The van der Waals surface area contributed by atoms with Crippen LogP contribution in [0.1, 0.15) is 42.7 Å². The predicted octanol–water partition coefficient (Wildman–Crippen LogP) is 8.30. The van der Waals surface area contributed by atoms with Gasteiger partial charge < -0.3 is 14.7 Å². The number of nitrogens with zero attached hydrogens (tertiary/aromatic N) is 3. The molecular formula is C36H41N3S. The zero-order valence-electron chi connectivity index (χ0n) is 23.5. The standard InChI is InChI=1S/C36H41N3S/c1-3-14-30(15-4-1)32(31-16-5-2-6-17-31)18-13-24-38-28-26-37(27-29-38)23-11-12-25-39-33-19-7-9-21-35(33)40-36-22-10-8-20-34(36)39/h1-10,14-17,19-22,32H,11-13,18,23-29H2. The van der Waals surface area contributed by atoms with Crippen molar-refractivity contribution in [3.05, 3.63) is 120 Å². The molecule has 2 aliphatic heterocycles. The summed E-state index contributed by atoms with van der Waals surface area (Å²) in [5, 5.41) is 0. The SMILES string of the molecule is c1ccc(C(CCCN2CCN(CCCCN3c4ccccc4Sc4ccccc43)CC2)c2ccccc2)cc1. The van der Waals surface area contributed by atoms with Gasteiger partial charge in [-0.15, -0.1) is 0 Å². The van der Waals surface area contributed by atoms with Gasteiger partial charge in [0.25, 0.3) is 0 Å². The Labute approximate surface area is 244 Å². The maximum atomic E-state index is 2.68. The Morgan fingerprint density at radius 2 is 0.950 bits per heavy atom. The zero-order chi connectivity index (χ0) is 27.0. The molecule has 2 aliphatic rings. The Balaban J connectivity index is 0.937. The number of unbranched alkanes of at least 4 members (excludes halogenated alkanes) is 1. The van der Waals surface area contributed by atoms with Crippen LogP contribution in [0.2, 0.25) is 0 Å². The molecule has 4 aromatic rings. The third kappa shape index (κ3) is 6.63. The minimum atomic E-state index is 0.487. The summed E-state index contributed by atoms with van der Waals surface area (Å²) >= 11 is 1.90. The van der Waals surface area contributed by atoms with Gasteiger partial charge in [-0.05, 0) is 74.2 Å². The lowest BCUT2D eigenvalue weighted by molar-refractivity contribution is 0.129. The van der Waals surface area contributed by atoms with E-state index in [2.05, 4.69) is 124 Å². The average molecular weight is 548 g/mol. The van der Waals surface area contributed by atoms with Crippen molar-refractivity contribution in [1.29, 1.82) is 0 Å². The molecule has 206 valence electrons. The van der Waals surface area contributed by atoms with Gasteiger partial charge in [-0.1, -0.05) is 96.7 Å². The number of rotatable bonds is 11. The number of anilines is 2. The van der Waals surface area contributed by atoms with E-state index in [0.29, 0.717) is 5.92 Å². The molecule has 0 radical (unpaired) electrons. The lowest BCUT2D eigenvalue weighted by Crippen LogP contribution is -2.46. The quantitative estimate of drug-likeness (QED) is 0.175. The molecule has 0 aliphatic carbocycles. The van der Waals surface area contributed by atoms with E-state index in [9.17, 15) is 0 Å². The van der Waals surface area contributed by atoms with Gasteiger partial charge in [0.15, 0.2) is 0 Å². The average Bonchev–Trinajstić information content (AvgIpc) is 3.02. The van der Waals surface area contributed by atoms with E-state index in [0.717, 1.165) is 6.54 Å². The number of piperazine rings is 1. The van der Waals surface area contributed by atoms with Crippen molar-refractivity contribution < 1.29 is 0 Å². The maximum Gasteiger partial charge on any atom is 0.0552 e. The molecule has 3 nitrogen and oxygen atoms in total. The molecule has 1 saturated heterocycles. The number of fused-ring (bicyclic) bond motifs is 2. The highest BCUT2D eigenvalue weighted by Crippen LogP contribution is 2.47. The Morgan fingerprint density at radius 1 is 0.500 bits per heavy atom. The molecule has 0 amide bonds. The second kappa shape index (κ2) is 13.5. The highest BCUT2D eigenvalue weighted by atomic mass is 32.2. The van der Waals surface area contributed by atoms with Gasteiger partial charge in [0.2, 0.25) is 0 Å². The first-order chi connectivity index (χ1) is 19.8. The maximum absolute atomic E-state index is 2.68. The van der Waals surface area contributed by atoms with Crippen molar-refractivity contribution >= 4 is 23.1 Å². The second-order valence-electron chi connectivity index (χ2n) is 11.1. The van der Waals surface area contributed by atoms with Crippen LogP contribution in [0.5, 0.6) is 0 Å². The van der Waals surface area contributed by atoms with Crippen LogP contribution < -0.4 is 4.90 Å². The van der Waals surface area contributed by atoms with Gasteiger partial charge in [-0.2, -0.15) is 0 Å². The highest BCUT2D eigenvalue weighted by Gasteiger charge is 2.23. The van der Waals surface area contributed by atoms with Crippen LogP contribution >= 0.6 is 11.8 Å². The van der Waals surface area contributed by atoms with E-state index < -0.39 is 0 Å². The van der Waals surface area contributed by atoms with Crippen molar-refractivity contribution in [2.45, 2.75) is 41.4 Å². The topological polar surface area (TPSA) is 9.72 Å². The number of hydrogen-bond acceptors (Lipinski definition) is 4. The molecule has 4 heteroatoms. The lowest BCUT2D eigenvalue weighted by atomic mass is 9.87. The van der Waals surface area contributed by atoms with Crippen LogP contribution in [-0.2, 0) is 0 Å². The first-order valence-electron chi connectivity index (χ1n) is 15.0. The minimum absolute atomic E-state index is 0.487. The van der Waals surface area contributed by atoms with Gasteiger partial charge in [0, 0.05) is 48.4 Å². The highest BCUT2D eigenvalue weighted by molar-refractivity contribution is 7.99. The van der Waals surface area contributed by atoms with Crippen LogP contribution in [0.4, 0.5) is 11.4 Å². The summed E-state index contributed by atoms with van der Waals surface area (Å²) in [6, 6.07) is 39.8. The van der Waals surface area contributed by atoms with Gasteiger partial charge in [-0.25, -0.2) is 0 Å². The summed E-state index contributed by atoms with van der Waals surface area (Å²) in [6.07, 6.45) is 4.92. The normalized spacial score (nSPS) is 15.7. The van der Waals surface area contributed by atoms with E-state index in [4.69, 9.17) is 0 Å². The molecule has 2 heterocycles. The third-order valence-corrected chi connectivity index (χ3v) is 9.60. The summed E-state index contributed by atoms with van der Waals surface area (Å²) in [5.41, 5.74) is 5.60. The molecular weight excluding hydrogens is 506 g/mol. The molecule has 0 atom stereocenters. The lowest BCUT2D eigenvalue weighted by Gasteiger charge is -2.35. The Morgan fingerprint density at radius 3 is 1.50 bits per heavy atom. The fraction of sp³-hybridized carbons (Fsp3) is 0.333. The minimum Gasteiger partial charge on any atom is -0.340 e. The van der Waals surface area contributed by atoms with Crippen molar-refractivity contribution in [2.24, 2.45) is 0 Å². The number of hydrogen-bond donors (Lipinski definition) is 0. The molecule has 0 aromatic heterocycles. The van der Waals surface area contributed by atoms with Crippen LogP contribution in [-0.4, -0.2) is 55.6 Å². The Kier molecular flexibility index (Phi) is 9.19. The summed E-state index contributed by atoms with van der Waals surface area (Å²) in [6.45, 7) is 8.30. The molecule has 1 fully saturated rings. The second-order valence-corrected chi connectivity index (χ2v) is 12.2. The van der Waals surface area contributed by atoms with Gasteiger partial charge in [0.05, 0.1) is 11.4 Å². The van der Waals surface area contributed by atoms with Crippen molar-refractivity contribution in [1.82, 2.24) is 9.80 Å². The summed E-state index contributed by atoms with van der Waals surface area (Å²) in [5.74, 6) is 0.487. The molecule has 6 rings (SSSR count). The summed E-state index contributed by atoms with van der Waals surface area (Å²) in [4.78, 5) is 10.6. The van der Waals surface area contributed by atoms with E-state index >= 15 is 0 Å². The van der Waals surface area contributed by atoms with Gasteiger partial charge in [0.1, 0.15) is 0 Å². The fourth-order valence-corrected chi connectivity index (χ4v) is 7.38. The molecule has 4 aromatic carbocycles. The monoisotopic (exact) mass is 547 g/mol. The van der Waals surface area contributed by atoms with Crippen LogP contribution in [0.15, 0.2) is 119 Å². The van der Waals surface area contributed by atoms with Crippen LogP contribution in [0, 0.1) is 0 Å². The molecule has 0 spiro atoms. The smallest absolute Gasteiger partial charge is 0.0552 e. The van der Waals surface area contributed by atoms with Crippen molar-refractivity contribution in [3.8, 4) is 0 Å². The van der Waals surface area contributed by atoms with Crippen molar-refractivity contribution in [3.63, 3.8) is 0 Å². The van der Waals surface area contributed by atoms with E-state index in [1.54, 1.807) is 0 Å². The van der Waals surface area contributed by atoms with Gasteiger partial charge >= 0.3 is 0 Å². The van der Waals surface area contributed by atoms with E-state index in [1.165, 1.54) is 97.2 Å². The first kappa shape index (κ1) is 27.1. The Hall–Kier alpha value is -3.05. The predicted molar refractivity (Wildman–Crippen MR) is 170 cm³/mol. The van der Waals surface area contributed by atoms with E-state index in [-0.39, 0.29) is 0 Å². The summed E-state index contributed by atoms with van der Waals surface area (Å²) in [7, 11) is 0.